The van der Waals surface area contributed by atoms with Crippen LogP contribution in [0.5, 0.6) is 0 Å². The number of carbonyl (C=O) groups is 1. The summed E-state index contributed by atoms with van der Waals surface area (Å²) >= 11 is 1.11. The van der Waals surface area contributed by atoms with E-state index in [0.717, 1.165) is 11.8 Å². The van der Waals surface area contributed by atoms with E-state index in [1.54, 1.807) is 18.6 Å². The van der Waals surface area contributed by atoms with Gasteiger partial charge in [0.1, 0.15) is 0 Å². The number of ether oxygens (including phenoxy) is 1. The number of oxazole rings is 1. The molecule has 114 valence electrons. The quantitative estimate of drug-likeness (QED) is 0.765. The zero-order valence-electron chi connectivity index (χ0n) is 12.0. The lowest BCUT2D eigenvalue weighted by molar-refractivity contribution is -0.133. The monoisotopic (exact) mass is 312 g/mol. The fraction of sp³-hybridized carbons (Fsp3) is 0.500. The highest BCUT2D eigenvalue weighted by Gasteiger charge is 2.20. The van der Waals surface area contributed by atoms with Crippen molar-refractivity contribution < 1.29 is 19.1 Å². The number of carboxylic acids is 1. The molecule has 8 nitrogen and oxygen atoms in total. The van der Waals surface area contributed by atoms with Gasteiger partial charge in [-0.05, 0) is 6.92 Å². The van der Waals surface area contributed by atoms with Gasteiger partial charge >= 0.3 is 5.97 Å². The first-order chi connectivity index (χ1) is 10.0. The lowest BCUT2D eigenvalue weighted by Gasteiger charge is -2.07. The van der Waals surface area contributed by atoms with Crippen molar-refractivity contribution in [2.24, 2.45) is 0 Å². The van der Waals surface area contributed by atoms with Gasteiger partial charge in [0, 0.05) is 14.0 Å². The number of aromatic nitrogens is 4. The molecule has 0 aromatic carbocycles. The van der Waals surface area contributed by atoms with E-state index < -0.39 is 5.97 Å². The molecule has 2 aromatic heterocycles. The van der Waals surface area contributed by atoms with Gasteiger partial charge in [-0.2, -0.15) is 0 Å². The number of nitrogens with zero attached hydrogens (tertiary/aromatic N) is 4. The fourth-order valence-electron chi connectivity index (χ4n) is 1.81. The van der Waals surface area contributed by atoms with Crippen LogP contribution >= 0.6 is 11.8 Å². The predicted molar refractivity (Wildman–Crippen MR) is 75.2 cm³/mol. The van der Waals surface area contributed by atoms with Gasteiger partial charge in [-0.1, -0.05) is 11.8 Å². The van der Waals surface area contributed by atoms with Crippen molar-refractivity contribution >= 4 is 17.7 Å². The van der Waals surface area contributed by atoms with E-state index in [4.69, 9.17) is 14.3 Å². The molecule has 0 amide bonds. The van der Waals surface area contributed by atoms with Crippen LogP contribution in [-0.4, -0.2) is 50.3 Å². The Hall–Kier alpha value is -1.87. The largest absolute Gasteiger partial charge is 0.481 e. The van der Waals surface area contributed by atoms with E-state index >= 15 is 0 Å². The molecule has 0 spiro atoms. The maximum absolute atomic E-state index is 10.7. The summed E-state index contributed by atoms with van der Waals surface area (Å²) < 4.78 is 12.4. The van der Waals surface area contributed by atoms with Crippen LogP contribution in [0.15, 0.2) is 9.57 Å². The second-order valence-electron chi connectivity index (χ2n) is 4.28. The van der Waals surface area contributed by atoms with E-state index in [9.17, 15) is 4.79 Å². The van der Waals surface area contributed by atoms with Gasteiger partial charge in [0.05, 0.1) is 24.6 Å². The Balaban J connectivity index is 2.36. The van der Waals surface area contributed by atoms with Crippen molar-refractivity contribution in [2.45, 2.75) is 25.5 Å². The van der Waals surface area contributed by atoms with Crippen LogP contribution in [0.3, 0.4) is 0 Å². The zero-order chi connectivity index (χ0) is 15.4. The maximum atomic E-state index is 10.7. The first-order valence-electron chi connectivity index (χ1n) is 6.24. The highest BCUT2D eigenvalue weighted by atomic mass is 32.2. The molecule has 0 aliphatic carbocycles. The SMILES string of the molecule is COCCn1c(SCC(=O)O)nnc1-c1oc(C)nc1C. The molecule has 0 aliphatic heterocycles. The Morgan fingerprint density at radius 1 is 1.43 bits per heavy atom. The van der Waals surface area contributed by atoms with E-state index in [2.05, 4.69) is 15.2 Å². The molecule has 21 heavy (non-hydrogen) atoms. The number of rotatable bonds is 7. The second-order valence-corrected chi connectivity index (χ2v) is 5.22. The molecule has 0 atom stereocenters. The predicted octanol–water partition coefficient (Wildman–Crippen LogP) is 1.37. The third-order valence-electron chi connectivity index (χ3n) is 2.67. The molecule has 0 unspecified atom stereocenters. The number of methoxy groups -OCH3 is 1. The van der Waals surface area contributed by atoms with E-state index in [-0.39, 0.29) is 5.75 Å². The number of aryl methyl sites for hydroxylation is 2. The normalized spacial score (nSPS) is 11.0. The van der Waals surface area contributed by atoms with Crippen molar-refractivity contribution in [3.63, 3.8) is 0 Å². The summed E-state index contributed by atoms with van der Waals surface area (Å²) in [5.41, 5.74) is 0.716. The molecule has 2 rings (SSSR count). The molecule has 0 saturated carbocycles. The van der Waals surface area contributed by atoms with Crippen LogP contribution < -0.4 is 0 Å². The highest BCUT2D eigenvalue weighted by Crippen LogP contribution is 2.26. The standard InChI is InChI=1S/C12H16N4O4S/c1-7-10(20-8(2)13-7)11-14-15-12(21-6-9(17)18)16(11)4-5-19-3/h4-6H2,1-3H3,(H,17,18). The number of aliphatic carboxylic acids is 1. The third kappa shape index (κ3) is 3.61. The topological polar surface area (TPSA) is 103 Å². The highest BCUT2D eigenvalue weighted by molar-refractivity contribution is 7.99. The van der Waals surface area contributed by atoms with Crippen molar-refractivity contribution in [3.05, 3.63) is 11.6 Å². The minimum atomic E-state index is -0.908. The Labute approximate surface area is 125 Å². The Morgan fingerprint density at radius 3 is 2.76 bits per heavy atom. The van der Waals surface area contributed by atoms with Crippen LogP contribution in [-0.2, 0) is 16.1 Å². The lowest BCUT2D eigenvalue weighted by atomic mass is 10.3. The molecule has 2 aromatic rings. The van der Waals surface area contributed by atoms with Crippen molar-refractivity contribution in [2.75, 3.05) is 19.5 Å². The minimum absolute atomic E-state index is 0.0838. The van der Waals surface area contributed by atoms with Gasteiger partial charge in [0.25, 0.3) is 0 Å². The van der Waals surface area contributed by atoms with E-state index in [0.29, 0.717) is 41.5 Å². The first kappa shape index (κ1) is 15.5. The Bertz CT molecular complexity index is 637. The smallest absolute Gasteiger partial charge is 0.313 e. The van der Waals surface area contributed by atoms with Crippen molar-refractivity contribution in [3.8, 4) is 11.6 Å². The molecule has 0 radical (unpaired) electrons. The molecule has 0 aliphatic rings. The fourth-order valence-corrected chi connectivity index (χ4v) is 2.50. The van der Waals surface area contributed by atoms with Gasteiger partial charge in [-0.3, -0.25) is 9.36 Å². The zero-order valence-corrected chi connectivity index (χ0v) is 12.8. The third-order valence-corrected chi connectivity index (χ3v) is 3.62. The average molecular weight is 312 g/mol. The van der Waals surface area contributed by atoms with Gasteiger partial charge in [0.2, 0.25) is 5.82 Å². The summed E-state index contributed by atoms with van der Waals surface area (Å²) in [6.45, 7) is 4.54. The summed E-state index contributed by atoms with van der Waals surface area (Å²) in [6, 6.07) is 0. The lowest BCUT2D eigenvalue weighted by Crippen LogP contribution is -2.09. The summed E-state index contributed by atoms with van der Waals surface area (Å²) in [6.07, 6.45) is 0. The van der Waals surface area contributed by atoms with E-state index in [1.165, 1.54) is 0 Å². The maximum Gasteiger partial charge on any atom is 0.313 e. The van der Waals surface area contributed by atoms with Gasteiger partial charge in [-0.25, -0.2) is 4.98 Å². The molecule has 0 fully saturated rings. The average Bonchev–Trinajstić information content (AvgIpc) is 2.96. The molecule has 1 N–H and O–H groups in total. The second kappa shape index (κ2) is 6.72. The summed E-state index contributed by atoms with van der Waals surface area (Å²) in [7, 11) is 1.60. The molecule has 9 heteroatoms. The van der Waals surface area contributed by atoms with E-state index in [1.807, 2.05) is 6.92 Å². The van der Waals surface area contributed by atoms with Crippen LogP contribution in [0.4, 0.5) is 0 Å². The summed E-state index contributed by atoms with van der Waals surface area (Å²) in [5, 5.41) is 17.4. The Kier molecular flexibility index (Phi) is 4.97. The minimum Gasteiger partial charge on any atom is -0.481 e. The molecule has 0 bridgehead atoms. The molecule has 0 saturated heterocycles. The number of hydrogen-bond donors (Lipinski definition) is 1. The summed E-state index contributed by atoms with van der Waals surface area (Å²) in [5.74, 6) is 0.619. The van der Waals surface area contributed by atoms with Crippen molar-refractivity contribution in [1.82, 2.24) is 19.7 Å². The Morgan fingerprint density at radius 2 is 2.19 bits per heavy atom. The van der Waals surface area contributed by atoms with Crippen LogP contribution in [0.25, 0.3) is 11.6 Å². The molecular weight excluding hydrogens is 296 g/mol. The van der Waals surface area contributed by atoms with Crippen LogP contribution in [0, 0.1) is 13.8 Å². The van der Waals surface area contributed by atoms with Gasteiger partial charge < -0.3 is 14.3 Å². The molecule has 2 heterocycles. The number of hydrogen-bond acceptors (Lipinski definition) is 7. The van der Waals surface area contributed by atoms with Crippen LogP contribution in [0.1, 0.15) is 11.6 Å². The summed E-state index contributed by atoms with van der Waals surface area (Å²) in [4.78, 5) is 14.9. The van der Waals surface area contributed by atoms with Gasteiger partial charge in [0.15, 0.2) is 16.8 Å². The van der Waals surface area contributed by atoms with Crippen molar-refractivity contribution in [1.29, 1.82) is 0 Å². The first-order valence-corrected chi connectivity index (χ1v) is 7.22. The molecular formula is C12H16N4O4S. The van der Waals surface area contributed by atoms with Crippen LogP contribution in [0.2, 0.25) is 0 Å². The van der Waals surface area contributed by atoms with Gasteiger partial charge in [-0.15, -0.1) is 10.2 Å². The number of thioether (sulfide) groups is 1. The number of carboxylic acid groups (broad SMARTS) is 1.